The maximum Gasteiger partial charge on any atom is 0.117 e. The van der Waals surface area contributed by atoms with Gasteiger partial charge >= 0.3 is 0 Å². The molecule has 2 N–H and O–H groups in total. The second-order valence-corrected chi connectivity index (χ2v) is 1.92. The Morgan fingerprint density at radius 2 is 1.90 bits per heavy atom. The Morgan fingerprint density at radius 3 is 2.20 bits per heavy atom. The number of aliphatic hydroxyl groups excluding tert-OH is 1. The van der Waals surface area contributed by atoms with E-state index in [1.807, 2.05) is 0 Å². The molecule has 1 aromatic rings. The van der Waals surface area contributed by atoms with Gasteiger partial charge in [0, 0.05) is 12.1 Å². The van der Waals surface area contributed by atoms with Crippen LogP contribution in [0.3, 0.4) is 0 Å². The van der Waals surface area contributed by atoms with Gasteiger partial charge in [-0.3, -0.25) is 0 Å². The van der Waals surface area contributed by atoms with Crippen molar-refractivity contribution >= 4 is 11.6 Å². The lowest BCUT2D eigenvalue weighted by Crippen LogP contribution is -1.61. The molecule has 0 bridgehead atoms. The molecular formula is C7H9ClO2. The molecule has 0 aliphatic rings. The second kappa shape index (κ2) is 5.09. The molecule has 0 aliphatic heterocycles. The highest BCUT2D eigenvalue weighted by atomic mass is 35.5. The molecule has 0 aliphatic carbocycles. The Kier molecular flexibility index (Phi) is 4.72. The minimum atomic E-state index is 0.206. The Hall–Kier alpha value is -0.730. The van der Waals surface area contributed by atoms with Gasteiger partial charge in [-0.25, -0.2) is 0 Å². The topological polar surface area (TPSA) is 40.5 Å². The number of hydrogen-bond donors (Lipinski definition) is 2. The zero-order valence-corrected chi connectivity index (χ0v) is 6.34. The first kappa shape index (κ1) is 9.27. The monoisotopic (exact) mass is 160 g/mol. The number of aromatic hydroxyl groups is 1. The summed E-state index contributed by atoms with van der Waals surface area (Å²) in [5, 5.41) is 16.3. The molecule has 10 heavy (non-hydrogen) atoms. The van der Waals surface area contributed by atoms with Crippen molar-refractivity contribution in [3.8, 4) is 5.75 Å². The number of benzene rings is 1. The molecule has 0 aromatic heterocycles. The van der Waals surface area contributed by atoms with Gasteiger partial charge in [-0.15, -0.1) is 0 Å². The molecule has 0 heterocycles. The summed E-state index contributed by atoms with van der Waals surface area (Å²) in [5.74, 6) is 0.206. The van der Waals surface area contributed by atoms with Gasteiger partial charge in [0.2, 0.25) is 0 Å². The Labute approximate surface area is 64.7 Å². The van der Waals surface area contributed by atoms with Gasteiger partial charge in [-0.2, -0.15) is 0 Å². The molecule has 0 atom stereocenters. The highest BCUT2D eigenvalue weighted by Gasteiger charge is 1.85. The lowest BCUT2D eigenvalue weighted by Gasteiger charge is -1.88. The molecule has 56 valence electrons. The maximum atomic E-state index is 8.73. The van der Waals surface area contributed by atoms with Crippen LogP contribution in [0, 0.1) is 0 Å². The van der Waals surface area contributed by atoms with Crippen LogP contribution in [0.25, 0.3) is 0 Å². The average Bonchev–Trinajstić information content (AvgIpc) is 1.91. The fraction of sp³-hybridized carbons (Fsp3) is 0.143. The van der Waals surface area contributed by atoms with Gasteiger partial charge in [-0.05, 0) is 18.2 Å². The highest BCUT2D eigenvalue weighted by Crippen LogP contribution is 2.14. The summed E-state index contributed by atoms with van der Waals surface area (Å²) in [4.78, 5) is 0. The Balaban J connectivity index is 0.000000371. The van der Waals surface area contributed by atoms with Crippen molar-refractivity contribution in [1.82, 2.24) is 0 Å². The van der Waals surface area contributed by atoms with Crippen LogP contribution >= 0.6 is 11.6 Å². The van der Waals surface area contributed by atoms with E-state index in [-0.39, 0.29) is 5.75 Å². The van der Waals surface area contributed by atoms with E-state index in [2.05, 4.69) is 0 Å². The predicted molar refractivity (Wildman–Crippen MR) is 41.3 cm³/mol. The lowest BCUT2D eigenvalue weighted by molar-refractivity contribution is 0.399. The number of hydrogen-bond acceptors (Lipinski definition) is 2. The van der Waals surface area contributed by atoms with E-state index in [4.69, 9.17) is 21.8 Å². The normalized spacial score (nSPS) is 7.90. The second-order valence-electron chi connectivity index (χ2n) is 1.48. The zero-order valence-electron chi connectivity index (χ0n) is 5.58. The number of phenolic OH excluding ortho intramolecular Hbond substituents is 1. The van der Waals surface area contributed by atoms with Gasteiger partial charge in [-0.1, -0.05) is 17.7 Å². The summed E-state index contributed by atoms with van der Waals surface area (Å²) < 4.78 is 0. The summed E-state index contributed by atoms with van der Waals surface area (Å²) in [6.45, 7) is 0. The first-order valence-corrected chi connectivity index (χ1v) is 3.06. The smallest absolute Gasteiger partial charge is 0.117 e. The van der Waals surface area contributed by atoms with Gasteiger partial charge < -0.3 is 10.2 Å². The quantitative estimate of drug-likeness (QED) is 0.606. The van der Waals surface area contributed by atoms with Gasteiger partial charge in [0.25, 0.3) is 0 Å². The molecule has 0 saturated carbocycles. The van der Waals surface area contributed by atoms with Crippen LogP contribution in [0.2, 0.25) is 5.02 Å². The number of halogens is 1. The van der Waals surface area contributed by atoms with E-state index in [1.165, 1.54) is 6.07 Å². The maximum absolute atomic E-state index is 8.73. The Morgan fingerprint density at radius 1 is 1.30 bits per heavy atom. The van der Waals surface area contributed by atoms with Crippen LogP contribution in [-0.4, -0.2) is 17.3 Å². The van der Waals surface area contributed by atoms with E-state index in [0.717, 1.165) is 7.11 Å². The lowest BCUT2D eigenvalue weighted by atomic mass is 10.3. The van der Waals surface area contributed by atoms with Crippen molar-refractivity contribution in [1.29, 1.82) is 0 Å². The van der Waals surface area contributed by atoms with E-state index in [9.17, 15) is 0 Å². The third kappa shape index (κ3) is 3.33. The van der Waals surface area contributed by atoms with Crippen LogP contribution in [-0.2, 0) is 0 Å². The molecule has 1 rings (SSSR count). The van der Waals surface area contributed by atoms with Gasteiger partial charge in [0.05, 0.1) is 0 Å². The fourth-order valence-corrected chi connectivity index (χ4v) is 0.661. The van der Waals surface area contributed by atoms with Gasteiger partial charge in [0.1, 0.15) is 5.75 Å². The third-order valence-electron chi connectivity index (χ3n) is 0.808. The molecule has 1 aromatic carbocycles. The molecule has 0 radical (unpaired) electrons. The van der Waals surface area contributed by atoms with Crippen molar-refractivity contribution in [2.75, 3.05) is 7.11 Å². The zero-order chi connectivity index (χ0) is 7.98. The van der Waals surface area contributed by atoms with Crippen LogP contribution in [0.1, 0.15) is 0 Å². The first-order chi connectivity index (χ1) is 4.79. The van der Waals surface area contributed by atoms with Crippen molar-refractivity contribution in [3.05, 3.63) is 29.3 Å². The summed E-state index contributed by atoms with van der Waals surface area (Å²) >= 11 is 5.48. The standard InChI is InChI=1S/C6H5ClO.CH4O/c7-5-2-1-3-6(8)4-5;1-2/h1-4,8H;2H,1H3. The van der Waals surface area contributed by atoms with E-state index in [1.54, 1.807) is 18.2 Å². The fourth-order valence-electron chi connectivity index (χ4n) is 0.476. The van der Waals surface area contributed by atoms with Crippen molar-refractivity contribution in [3.63, 3.8) is 0 Å². The minimum absolute atomic E-state index is 0.206. The number of rotatable bonds is 0. The molecule has 0 unspecified atom stereocenters. The summed E-state index contributed by atoms with van der Waals surface area (Å²) in [7, 11) is 1.00. The number of phenols is 1. The molecule has 0 fully saturated rings. The summed E-state index contributed by atoms with van der Waals surface area (Å²) in [6, 6.07) is 6.46. The molecule has 0 amide bonds. The number of aliphatic hydroxyl groups is 1. The molecule has 0 spiro atoms. The van der Waals surface area contributed by atoms with Crippen LogP contribution < -0.4 is 0 Å². The predicted octanol–water partition coefficient (Wildman–Crippen LogP) is 1.65. The Bertz CT molecular complexity index is 171. The van der Waals surface area contributed by atoms with E-state index in [0.29, 0.717) is 5.02 Å². The SMILES string of the molecule is CO.Oc1cccc(Cl)c1. The van der Waals surface area contributed by atoms with Crippen LogP contribution in [0.15, 0.2) is 24.3 Å². The van der Waals surface area contributed by atoms with Gasteiger partial charge in [0.15, 0.2) is 0 Å². The van der Waals surface area contributed by atoms with E-state index >= 15 is 0 Å². The van der Waals surface area contributed by atoms with Crippen molar-refractivity contribution in [2.45, 2.75) is 0 Å². The third-order valence-corrected chi connectivity index (χ3v) is 1.04. The molecule has 2 nitrogen and oxygen atoms in total. The minimum Gasteiger partial charge on any atom is -0.508 e. The average molecular weight is 161 g/mol. The summed E-state index contributed by atoms with van der Waals surface area (Å²) in [6.07, 6.45) is 0. The summed E-state index contributed by atoms with van der Waals surface area (Å²) in [5.41, 5.74) is 0. The van der Waals surface area contributed by atoms with Crippen LogP contribution in [0.4, 0.5) is 0 Å². The molecule has 0 saturated heterocycles. The molecule has 3 heteroatoms. The molecular weight excluding hydrogens is 152 g/mol. The largest absolute Gasteiger partial charge is 0.508 e. The van der Waals surface area contributed by atoms with Crippen molar-refractivity contribution in [2.24, 2.45) is 0 Å². The van der Waals surface area contributed by atoms with Crippen molar-refractivity contribution < 1.29 is 10.2 Å². The van der Waals surface area contributed by atoms with Crippen LogP contribution in [0.5, 0.6) is 5.75 Å². The van der Waals surface area contributed by atoms with E-state index < -0.39 is 0 Å². The first-order valence-electron chi connectivity index (χ1n) is 2.68. The highest BCUT2D eigenvalue weighted by molar-refractivity contribution is 6.30.